The van der Waals surface area contributed by atoms with Crippen LogP contribution in [-0.2, 0) is 4.79 Å². The number of hydrogen-bond donors (Lipinski definition) is 0. The highest BCUT2D eigenvalue weighted by Gasteiger charge is 2.32. The van der Waals surface area contributed by atoms with Crippen LogP contribution >= 0.6 is 11.3 Å². The van der Waals surface area contributed by atoms with Crippen molar-refractivity contribution in [2.75, 3.05) is 13.1 Å². The normalized spacial score (nSPS) is 16.2. The topological polar surface area (TPSA) is 50.3 Å². The average Bonchev–Trinajstić information content (AvgIpc) is 3.19. The van der Waals surface area contributed by atoms with Crippen molar-refractivity contribution in [2.24, 2.45) is 5.92 Å². The molecule has 2 aromatic carbocycles. The molecule has 1 fully saturated rings. The van der Waals surface area contributed by atoms with Gasteiger partial charge in [0.1, 0.15) is 0 Å². The highest BCUT2D eigenvalue weighted by atomic mass is 32.1. The second-order valence-corrected chi connectivity index (χ2v) is 8.35. The van der Waals surface area contributed by atoms with E-state index in [2.05, 4.69) is 11.9 Å². The summed E-state index contributed by atoms with van der Waals surface area (Å²) in [5.74, 6) is 0.169. The predicted octanol–water partition coefficient (Wildman–Crippen LogP) is 4.91. The van der Waals surface area contributed by atoms with Crippen molar-refractivity contribution in [1.29, 1.82) is 0 Å². The van der Waals surface area contributed by atoms with Crippen molar-refractivity contribution in [3.63, 3.8) is 0 Å². The lowest BCUT2D eigenvalue weighted by Gasteiger charge is -2.33. The Labute approximate surface area is 169 Å². The van der Waals surface area contributed by atoms with E-state index in [1.54, 1.807) is 0 Å². The number of hydrogen-bond acceptors (Lipinski definition) is 4. The number of carbonyl (C=O) groups is 2. The number of ketones is 1. The Balaban J connectivity index is 1.41. The maximum Gasteiger partial charge on any atom is 0.230 e. The number of para-hydroxylation sites is 1. The third kappa shape index (κ3) is 3.72. The molecule has 0 radical (unpaired) electrons. The quantitative estimate of drug-likeness (QED) is 0.580. The van der Waals surface area contributed by atoms with Crippen LogP contribution in [0.25, 0.3) is 10.2 Å². The number of aromatic nitrogens is 1. The number of fused-ring (bicyclic) bond motifs is 1. The van der Waals surface area contributed by atoms with Crippen LogP contribution in [-0.4, -0.2) is 34.7 Å². The molecule has 0 aliphatic carbocycles. The smallest absolute Gasteiger partial charge is 0.230 e. The Bertz CT molecular complexity index is 941. The number of piperidine rings is 1. The fourth-order valence-electron chi connectivity index (χ4n) is 3.97. The minimum absolute atomic E-state index is 0.0404. The number of thiazole rings is 1. The Hall–Kier alpha value is -2.53. The van der Waals surface area contributed by atoms with Crippen LogP contribution in [0.2, 0.25) is 0 Å². The third-order valence-electron chi connectivity index (χ3n) is 5.59. The van der Waals surface area contributed by atoms with Gasteiger partial charge in [-0.2, -0.15) is 0 Å². The van der Waals surface area contributed by atoms with Gasteiger partial charge in [-0.1, -0.05) is 49.4 Å². The van der Waals surface area contributed by atoms with Gasteiger partial charge in [0, 0.05) is 19.0 Å². The fourth-order valence-corrected chi connectivity index (χ4v) is 4.96. The van der Waals surface area contributed by atoms with E-state index < -0.39 is 0 Å². The van der Waals surface area contributed by atoms with Crippen molar-refractivity contribution < 1.29 is 9.59 Å². The largest absolute Gasteiger partial charge is 0.342 e. The van der Waals surface area contributed by atoms with Gasteiger partial charge < -0.3 is 4.90 Å². The Morgan fingerprint density at radius 3 is 2.43 bits per heavy atom. The predicted molar refractivity (Wildman–Crippen MR) is 113 cm³/mol. The van der Waals surface area contributed by atoms with Crippen molar-refractivity contribution in [3.05, 3.63) is 65.2 Å². The van der Waals surface area contributed by atoms with Crippen molar-refractivity contribution in [1.82, 2.24) is 9.88 Å². The first kappa shape index (κ1) is 18.8. The van der Waals surface area contributed by atoms with E-state index >= 15 is 0 Å². The molecule has 1 aliphatic rings. The molecule has 5 heteroatoms. The van der Waals surface area contributed by atoms with E-state index in [9.17, 15) is 9.59 Å². The molecule has 4 rings (SSSR count). The van der Waals surface area contributed by atoms with Crippen LogP contribution in [0.5, 0.6) is 0 Å². The summed E-state index contributed by atoms with van der Waals surface area (Å²) < 4.78 is 1.05. The van der Waals surface area contributed by atoms with E-state index in [1.807, 2.05) is 59.5 Å². The summed E-state index contributed by atoms with van der Waals surface area (Å²) in [5.41, 5.74) is 1.96. The van der Waals surface area contributed by atoms with Crippen LogP contribution in [0.15, 0.2) is 54.6 Å². The SMILES string of the molecule is CC[C@H](C(=O)N1CCC(C(=O)c2nc3ccccc3s2)CC1)c1ccccc1. The zero-order valence-corrected chi connectivity index (χ0v) is 16.8. The molecule has 0 saturated carbocycles. The number of carbonyl (C=O) groups excluding carboxylic acids is 2. The van der Waals surface area contributed by atoms with Crippen LogP contribution in [0, 0.1) is 5.92 Å². The Kier molecular flexibility index (Phi) is 5.53. The first-order chi connectivity index (χ1) is 13.7. The molecule has 3 aromatic rings. The maximum atomic E-state index is 13.0. The number of benzene rings is 2. The number of Topliss-reactive ketones (excluding diaryl/α,β-unsaturated/α-hetero) is 1. The highest BCUT2D eigenvalue weighted by molar-refractivity contribution is 7.20. The van der Waals surface area contributed by atoms with Gasteiger partial charge in [-0.3, -0.25) is 9.59 Å². The summed E-state index contributed by atoms with van der Waals surface area (Å²) >= 11 is 1.47. The van der Waals surface area contributed by atoms with E-state index in [4.69, 9.17) is 0 Å². The molecule has 1 aromatic heterocycles. The molecule has 0 spiro atoms. The second kappa shape index (κ2) is 8.23. The van der Waals surface area contributed by atoms with E-state index in [0.29, 0.717) is 30.9 Å². The Morgan fingerprint density at radius 1 is 1.07 bits per heavy atom. The average molecular weight is 393 g/mol. The maximum absolute atomic E-state index is 13.0. The minimum atomic E-state index is -0.0993. The summed E-state index contributed by atoms with van der Waals surface area (Å²) in [6.07, 6.45) is 2.21. The van der Waals surface area contributed by atoms with Crippen molar-refractivity contribution in [3.8, 4) is 0 Å². The van der Waals surface area contributed by atoms with Gasteiger partial charge >= 0.3 is 0 Å². The minimum Gasteiger partial charge on any atom is -0.342 e. The summed E-state index contributed by atoms with van der Waals surface area (Å²) in [7, 11) is 0. The number of nitrogens with zero attached hydrogens (tertiary/aromatic N) is 2. The van der Waals surface area contributed by atoms with Gasteiger partial charge in [-0.15, -0.1) is 11.3 Å². The molecule has 2 heterocycles. The summed E-state index contributed by atoms with van der Waals surface area (Å²) in [5, 5.41) is 0.599. The van der Waals surface area contributed by atoms with Crippen LogP contribution in [0.1, 0.15) is 47.5 Å². The first-order valence-electron chi connectivity index (χ1n) is 9.91. The van der Waals surface area contributed by atoms with Gasteiger partial charge in [-0.25, -0.2) is 4.98 Å². The summed E-state index contributed by atoms with van der Waals surface area (Å²) in [4.78, 5) is 32.4. The molecule has 1 aliphatic heterocycles. The van der Waals surface area contributed by atoms with Crippen molar-refractivity contribution in [2.45, 2.75) is 32.1 Å². The molecular formula is C23H24N2O2S. The lowest BCUT2D eigenvalue weighted by molar-refractivity contribution is -0.134. The van der Waals surface area contributed by atoms with Crippen LogP contribution < -0.4 is 0 Å². The monoisotopic (exact) mass is 392 g/mol. The summed E-state index contributed by atoms with van der Waals surface area (Å²) in [6.45, 7) is 3.34. The van der Waals surface area contributed by atoms with E-state index in [1.165, 1.54) is 11.3 Å². The molecule has 28 heavy (non-hydrogen) atoms. The molecular weight excluding hydrogens is 368 g/mol. The molecule has 1 saturated heterocycles. The zero-order chi connectivity index (χ0) is 19.5. The number of amides is 1. The van der Waals surface area contributed by atoms with Crippen LogP contribution in [0.4, 0.5) is 0 Å². The fraction of sp³-hybridized carbons (Fsp3) is 0.348. The molecule has 0 N–H and O–H groups in total. The number of likely N-dealkylation sites (tertiary alicyclic amines) is 1. The van der Waals surface area contributed by atoms with Crippen molar-refractivity contribution >= 4 is 33.2 Å². The molecule has 144 valence electrons. The van der Waals surface area contributed by atoms with Gasteiger partial charge in [0.15, 0.2) is 10.8 Å². The molecule has 1 amide bonds. The lowest BCUT2D eigenvalue weighted by atomic mass is 9.90. The summed E-state index contributed by atoms with van der Waals surface area (Å²) in [6, 6.07) is 17.8. The van der Waals surface area contributed by atoms with Gasteiger partial charge in [0.2, 0.25) is 5.91 Å². The van der Waals surface area contributed by atoms with Gasteiger partial charge in [0.25, 0.3) is 0 Å². The third-order valence-corrected chi connectivity index (χ3v) is 6.64. The van der Waals surface area contributed by atoms with Gasteiger partial charge in [-0.05, 0) is 37.0 Å². The first-order valence-corrected chi connectivity index (χ1v) is 10.7. The zero-order valence-electron chi connectivity index (χ0n) is 16.0. The lowest BCUT2D eigenvalue weighted by Crippen LogP contribution is -2.42. The van der Waals surface area contributed by atoms with E-state index in [0.717, 1.165) is 22.2 Å². The molecule has 1 atom stereocenters. The molecule has 0 unspecified atom stereocenters. The standard InChI is InChI=1S/C23H24N2O2S/c1-2-18(16-8-4-3-5-9-16)23(27)25-14-12-17(13-15-25)21(26)22-24-19-10-6-7-11-20(19)28-22/h3-11,17-18H,2,12-15H2,1H3/t18-/m0/s1. The van der Waals surface area contributed by atoms with Gasteiger partial charge in [0.05, 0.1) is 16.1 Å². The Morgan fingerprint density at radius 2 is 1.75 bits per heavy atom. The van der Waals surface area contributed by atoms with E-state index in [-0.39, 0.29) is 23.5 Å². The molecule has 4 nitrogen and oxygen atoms in total. The second-order valence-electron chi connectivity index (χ2n) is 7.32. The highest BCUT2D eigenvalue weighted by Crippen LogP contribution is 2.29. The number of rotatable bonds is 5. The molecule has 0 bridgehead atoms. The van der Waals surface area contributed by atoms with Crippen LogP contribution in [0.3, 0.4) is 0 Å².